The van der Waals surface area contributed by atoms with Crippen molar-refractivity contribution in [1.29, 1.82) is 0 Å². The minimum atomic E-state index is -0.524. The number of unbranched alkanes of at least 4 members (excludes halogenated alkanes) is 4. The first-order chi connectivity index (χ1) is 14.7. The SMILES string of the molecule is CCCCCN(CCCCC)CC(O)c1cc(-c2ccccc2)nc2ccccc12.Cl. The summed E-state index contributed by atoms with van der Waals surface area (Å²) in [6, 6.07) is 20.5. The highest BCUT2D eigenvalue weighted by Crippen LogP contribution is 2.29. The maximum atomic E-state index is 11.3. The second-order valence-electron chi connectivity index (χ2n) is 8.21. The van der Waals surface area contributed by atoms with Crippen LogP contribution in [0.2, 0.25) is 0 Å². The fourth-order valence-corrected chi connectivity index (χ4v) is 4.04. The molecule has 168 valence electrons. The maximum absolute atomic E-state index is 11.3. The van der Waals surface area contributed by atoms with Crippen molar-refractivity contribution in [3.8, 4) is 11.3 Å². The first-order valence-electron chi connectivity index (χ1n) is 11.6. The van der Waals surface area contributed by atoms with Gasteiger partial charge in [-0.1, -0.05) is 88.1 Å². The number of pyridine rings is 1. The molecule has 0 aliphatic carbocycles. The van der Waals surface area contributed by atoms with Gasteiger partial charge in [0.05, 0.1) is 17.3 Å². The lowest BCUT2D eigenvalue weighted by Crippen LogP contribution is -2.31. The number of hydrogen-bond donors (Lipinski definition) is 1. The number of aliphatic hydroxyl groups is 1. The van der Waals surface area contributed by atoms with Gasteiger partial charge in [-0.05, 0) is 43.6 Å². The summed E-state index contributed by atoms with van der Waals surface area (Å²) in [5.74, 6) is 0. The van der Waals surface area contributed by atoms with Gasteiger partial charge in [0.15, 0.2) is 0 Å². The third-order valence-electron chi connectivity index (χ3n) is 5.76. The highest BCUT2D eigenvalue weighted by Gasteiger charge is 2.18. The third kappa shape index (κ3) is 7.31. The highest BCUT2D eigenvalue weighted by atomic mass is 35.5. The number of hydrogen-bond acceptors (Lipinski definition) is 3. The fraction of sp³-hybridized carbons (Fsp3) is 0.444. The molecule has 1 N–H and O–H groups in total. The fourth-order valence-electron chi connectivity index (χ4n) is 4.04. The van der Waals surface area contributed by atoms with E-state index in [2.05, 4.69) is 43.0 Å². The zero-order valence-electron chi connectivity index (χ0n) is 19.0. The number of rotatable bonds is 12. The third-order valence-corrected chi connectivity index (χ3v) is 5.76. The van der Waals surface area contributed by atoms with E-state index in [1.54, 1.807) is 0 Å². The zero-order valence-corrected chi connectivity index (χ0v) is 19.8. The van der Waals surface area contributed by atoms with Crippen LogP contribution in [0.4, 0.5) is 0 Å². The van der Waals surface area contributed by atoms with E-state index >= 15 is 0 Å². The van der Waals surface area contributed by atoms with Crippen LogP contribution in [-0.4, -0.2) is 34.6 Å². The molecule has 3 rings (SSSR count). The van der Waals surface area contributed by atoms with Gasteiger partial charge < -0.3 is 10.0 Å². The van der Waals surface area contributed by atoms with E-state index in [4.69, 9.17) is 4.98 Å². The van der Waals surface area contributed by atoms with Gasteiger partial charge in [0.25, 0.3) is 0 Å². The van der Waals surface area contributed by atoms with Gasteiger partial charge in [-0.2, -0.15) is 0 Å². The molecule has 1 aromatic heterocycles. The molecule has 3 aromatic rings. The predicted octanol–water partition coefficient (Wildman–Crippen LogP) is 7.04. The quantitative estimate of drug-likeness (QED) is 0.307. The van der Waals surface area contributed by atoms with E-state index in [9.17, 15) is 5.11 Å². The van der Waals surface area contributed by atoms with Crippen molar-refractivity contribution >= 4 is 23.3 Å². The van der Waals surface area contributed by atoms with Crippen molar-refractivity contribution in [2.75, 3.05) is 19.6 Å². The average Bonchev–Trinajstić information content (AvgIpc) is 2.79. The van der Waals surface area contributed by atoms with Gasteiger partial charge in [0, 0.05) is 17.5 Å². The molecule has 1 unspecified atom stereocenters. The second kappa shape index (κ2) is 13.5. The topological polar surface area (TPSA) is 36.4 Å². The summed E-state index contributed by atoms with van der Waals surface area (Å²) < 4.78 is 0. The van der Waals surface area contributed by atoms with Crippen LogP contribution in [-0.2, 0) is 0 Å². The summed E-state index contributed by atoms with van der Waals surface area (Å²) >= 11 is 0. The lowest BCUT2D eigenvalue weighted by molar-refractivity contribution is 0.111. The lowest BCUT2D eigenvalue weighted by Gasteiger charge is -2.26. The van der Waals surface area contributed by atoms with E-state index in [1.165, 1.54) is 38.5 Å². The summed E-state index contributed by atoms with van der Waals surface area (Å²) in [5, 5.41) is 12.4. The van der Waals surface area contributed by atoms with Crippen molar-refractivity contribution in [3.05, 3.63) is 66.2 Å². The van der Waals surface area contributed by atoms with E-state index in [-0.39, 0.29) is 12.4 Å². The first kappa shape index (κ1) is 25.3. The lowest BCUT2D eigenvalue weighted by atomic mass is 9.99. The highest BCUT2D eigenvalue weighted by molar-refractivity contribution is 5.86. The summed E-state index contributed by atoms with van der Waals surface area (Å²) in [6.45, 7) is 7.27. The molecule has 0 fully saturated rings. The summed E-state index contributed by atoms with van der Waals surface area (Å²) in [6.07, 6.45) is 6.81. The van der Waals surface area contributed by atoms with Crippen molar-refractivity contribution in [2.24, 2.45) is 0 Å². The van der Waals surface area contributed by atoms with E-state index in [0.717, 1.165) is 40.8 Å². The Morgan fingerprint density at radius 3 is 2.10 bits per heavy atom. The summed E-state index contributed by atoms with van der Waals surface area (Å²) in [4.78, 5) is 7.32. The molecular weight excluding hydrogens is 404 g/mol. The number of para-hydroxylation sites is 1. The van der Waals surface area contributed by atoms with Crippen molar-refractivity contribution in [2.45, 2.75) is 58.5 Å². The smallest absolute Gasteiger partial charge is 0.0924 e. The van der Waals surface area contributed by atoms with E-state index in [1.807, 2.05) is 36.4 Å². The monoisotopic (exact) mass is 440 g/mol. The van der Waals surface area contributed by atoms with Gasteiger partial charge in [-0.3, -0.25) is 0 Å². The molecule has 31 heavy (non-hydrogen) atoms. The van der Waals surface area contributed by atoms with Gasteiger partial charge in [0.2, 0.25) is 0 Å². The normalized spacial score (nSPS) is 12.1. The number of aliphatic hydroxyl groups excluding tert-OH is 1. The molecular formula is C27H37ClN2O. The Hall–Kier alpha value is -1.94. The van der Waals surface area contributed by atoms with Crippen molar-refractivity contribution in [3.63, 3.8) is 0 Å². The number of aromatic nitrogens is 1. The Bertz CT molecular complexity index is 890. The number of benzene rings is 2. The van der Waals surface area contributed by atoms with Crippen LogP contribution in [0.3, 0.4) is 0 Å². The molecule has 0 aliphatic rings. The number of halogens is 1. The molecule has 0 aliphatic heterocycles. The Morgan fingerprint density at radius 2 is 1.45 bits per heavy atom. The number of nitrogens with zero attached hydrogens (tertiary/aromatic N) is 2. The molecule has 1 heterocycles. The summed E-state index contributed by atoms with van der Waals surface area (Å²) in [7, 11) is 0. The van der Waals surface area contributed by atoms with Crippen LogP contribution in [0.1, 0.15) is 64.0 Å². The molecule has 0 bridgehead atoms. The minimum absolute atomic E-state index is 0. The summed E-state index contributed by atoms with van der Waals surface area (Å²) in [5.41, 5.74) is 3.93. The molecule has 4 heteroatoms. The largest absolute Gasteiger partial charge is 0.387 e. The predicted molar refractivity (Wildman–Crippen MR) is 135 cm³/mol. The Kier molecular flexibility index (Phi) is 11.0. The van der Waals surface area contributed by atoms with Gasteiger partial charge in [-0.25, -0.2) is 4.98 Å². The molecule has 0 amide bonds. The molecule has 0 spiro atoms. The molecule has 3 nitrogen and oxygen atoms in total. The number of fused-ring (bicyclic) bond motifs is 1. The van der Waals surface area contributed by atoms with E-state index < -0.39 is 6.10 Å². The first-order valence-corrected chi connectivity index (χ1v) is 11.6. The minimum Gasteiger partial charge on any atom is -0.387 e. The van der Waals surface area contributed by atoms with Gasteiger partial charge in [0.1, 0.15) is 0 Å². The van der Waals surface area contributed by atoms with Crippen LogP contribution in [0.15, 0.2) is 60.7 Å². The van der Waals surface area contributed by atoms with Crippen LogP contribution in [0.5, 0.6) is 0 Å². The average molecular weight is 441 g/mol. The van der Waals surface area contributed by atoms with Crippen LogP contribution >= 0.6 is 12.4 Å². The van der Waals surface area contributed by atoms with E-state index in [0.29, 0.717) is 6.54 Å². The van der Waals surface area contributed by atoms with Crippen LogP contribution in [0.25, 0.3) is 22.2 Å². The molecule has 0 radical (unpaired) electrons. The van der Waals surface area contributed by atoms with Gasteiger partial charge >= 0.3 is 0 Å². The molecule has 1 atom stereocenters. The Balaban J connectivity index is 0.00000341. The van der Waals surface area contributed by atoms with Crippen LogP contribution in [0, 0.1) is 0 Å². The molecule has 2 aromatic carbocycles. The standard InChI is InChI=1S/C27H36N2O.ClH/c1-3-5-12-18-29(19-13-6-4-2)21-27(30)24-20-26(22-14-8-7-9-15-22)28-25-17-11-10-16-23(24)25;/h7-11,14-17,20,27,30H,3-6,12-13,18-19,21H2,1-2H3;1H. The maximum Gasteiger partial charge on any atom is 0.0924 e. The van der Waals surface area contributed by atoms with Crippen LogP contribution < -0.4 is 0 Å². The molecule has 0 saturated carbocycles. The van der Waals surface area contributed by atoms with Crippen molar-refractivity contribution in [1.82, 2.24) is 9.88 Å². The second-order valence-corrected chi connectivity index (χ2v) is 8.21. The zero-order chi connectivity index (χ0) is 21.2. The van der Waals surface area contributed by atoms with Gasteiger partial charge in [-0.15, -0.1) is 12.4 Å². The Morgan fingerprint density at radius 1 is 0.839 bits per heavy atom. The molecule has 0 saturated heterocycles. The Labute approximate surface area is 193 Å². The van der Waals surface area contributed by atoms with Crippen molar-refractivity contribution < 1.29 is 5.11 Å².